The van der Waals surface area contributed by atoms with Crippen LogP contribution >= 0.6 is 0 Å². The monoisotopic (exact) mass is 274 g/mol. The van der Waals surface area contributed by atoms with Crippen molar-refractivity contribution in [1.82, 2.24) is 0 Å². The first-order chi connectivity index (χ1) is 9.75. The van der Waals surface area contributed by atoms with Crippen molar-refractivity contribution in [3.05, 3.63) is 35.9 Å². The summed E-state index contributed by atoms with van der Waals surface area (Å²) in [7, 11) is 0. The van der Waals surface area contributed by atoms with Crippen molar-refractivity contribution in [2.75, 3.05) is 0 Å². The predicted octanol–water partition coefficient (Wildman–Crippen LogP) is 2.78. The third-order valence-electron chi connectivity index (χ3n) is 4.10. The summed E-state index contributed by atoms with van der Waals surface area (Å²) in [5.41, 5.74) is 0.629. The Morgan fingerprint density at radius 3 is 2.05 bits per heavy atom. The molecule has 2 fully saturated rings. The van der Waals surface area contributed by atoms with Crippen LogP contribution in [0.15, 0.2) is 30.3 Å². The van der Waals surface area contributed by atoms with Crippen LogP contribution in [0.3, 0.4) is 0 Å². The smallest absolute Gasteiger partial charge is 0.327 e. The standard InChI is InChI=1S/C16H18O4/c17-14-13(11-7-3-1-4-8-11)15(18)20-16(19-14)12-9-5-2-6-10-12/h1,3-4,7-8,12-13,16H,2,5-6,9-10H2. The van der Waals surface area contributed by atoms with E-state index in [9.17, 15) is 9.59 Å². The number of carbonyl (C=O) groups excluding carboxylic acids is 2. The fraction of sp³-hybridized carbons (Fsp3) is 0.500. The molecule has 1 saturated carbocycles. The van der Waals surface area contributed by atoms with Crippen LogP contribution in [0.25, 0.3) is 0 Å². The normalized spacial score (nSPS) is 27.8. The third-order valence-corrected chi connectivity index (χ3v) is 4.10. The van der Waals surface area contributed by atoms with Gasteiger partial charge in [0.25, 0.3) is 0 Å². The van der Waals surface area contributed by atoms with Crippen LogP contribution < -0.4 is 0 Å². The van der Waals surface area contributed by atoms with Crippen molar-refractivity contribution in [1.29, 1.82) is 0 Å². The summed E-state index contributed by atoms with van der Waals surface area (Å²) in [6.45, 7) is 0. The van der Waals surface area contributed by atoms with Gasteiger partial charge < -0.3 is 9.47 Å². The average molecular weight is 274 g/mol. The van der Waals surface area contributed by atoms with Gasteiger partial charge in [-0.1, -0.05) is 49.6 Å². The summed E-state index contributed by atoms with van der Waals surface area (Å²) in [6, 6.07) is 8.92. The van der Waals surface area contributed by atoms with Gasteiger partial charge in [0.1, 0.15) is 0 Å². The Morgan fingerprint density at radius 2 is 1.45 bits per heavy atom. The lowest BCUT2D eigenvalue weighted by molar-refractivity contribution is -0.218. The van der Waals surface area contributed by atoms with Gasteiger partial charge in [0.15, 0.2) is 5.92 Å². The maximum absolute atomic E-state index is 12.1. The fourth-order valence-corrected chi connectivity index (χ4v) is 3.00. The lowest BCUT2D eigenvalue weighted by Gasteiger charge is -2.34. The molecule has 0 atom stereocenters. The zero-order valence-electron chi connectivity index (χ0n) is 11.3. The topological polar surface area (TPSA) is 52.6 Å². The Bertz CT molecular complexity index is 472. The molecule has 20 heavy (non-hydrogen) atoms. The van der Waals surface area contributed by atoms with Gasteiger partial charge in [0, 0.05) is 5.92 Å². The van der Waals surface area contributed by atoms with Crippen LogP contribution in [0.2, 0.25) is 0 Å². The van der Waals surface area contributed by atoms with Crippen molar-refractivity contribution < 1.29 is 19.1 Å². The van der Waals surface area contributed by atoms with E-state index in [2.05, 4.69) is 0 Å². The van der Waals surface area contributed by atoms with Gasteiger partial charge >= 0.3 is 11.9 Å². The number of esters is 2. The highest BCUT2D eigenvalue weighted by molar-refractivity contribution is 6.02. The number of ether oxygens (including phenoxy) is 2. The maximum atomic E-state index is 12.1. The second-order valence-corrected chi connectivity index (χ2v) is 5.48. The SMILES string of the molecule is O=C1OC(C2CCCCC2)OC(=O)C1c1ccccc1. The van der Waals surface area contributed by atoms with Gasteiger partial charge in [-0.15, -0.1) is 0 Å². The highest BCUT2D eigenvalue weighted by Crippen LogP contribution is 2.33. The molecule has 1 aliphatic carbocycles. The minimum Gasteiger partial charge on any atom is -0.424 e. The van der Waals surface area contributed by atoms with E-state index < -0.39 is 24.1 Å². The van der Waals surface area contributed by atoms with Crippen molar-refractivity contribution in [2.24, 2.45) is 5.92 Å². The molecule has 1 aromatic rings. The first-order valence-electron chi connectivity index (χ1n) is 7.21. The highest BCUT2D eigenvalue weighted by atomic mass is 16.7. The molecule has 0 N–H and O–H groups in total. The summed E-state index contributed by atoms with van der Waals surface area (Å²) in [5.74, 6) is -1.74. The Balaban J connectivity index is 1.73. The molecule has 1 heterocycles. The Labute approximate surface area is 118 Å². The summed E-state index contributed by atoms with van der Waals surface area (Å²) >= 11 is 0. The number of rotatable bonds is 2. The quantitative estimate of drug-likeness (QED) is 0.614. The maximum Gasteiger partial charge on any atom is 0.327 e. The van der Waals surface area contributed by atoms with E-state index in [1.54, 1.807) is 24.3 Å². The molecule has 0 spiro atoms. The van der Waals surface area contributed by atoms with Gasteiger partial charge in [-0.3, -0.25) is 9.59 Å². The van der Waals surface area contributed by atoms with Crippen LogP contribution in [0.1, 0.15) is 43.6 Å². The van der Waals surface area contributed by atoms with Gasteiger partial charge in [-0.25, -0.2) is 0 Å². The molecule has 4 nitrogen and oxygen atoms in total. The summed E-state index contributed by atoms with van der Waals surface area (Å²) in [5, 5.41) is 0. The second kappa shape index (κ2) is 5.65. The Kier molecular flexibility index (Phi) is 3.72. The number of benzene rings is 1. The minimum atomic E-state index is -0.934. The lowest BCUT2D eigenvalue weighted by atomic mass is 9.88. The Morgan fingerprint density at radius 1 is 0.850 bits per heavy atom. The van der Waals surface area contributed by atoms with E-state index in [4.69, 9.17) is 9.47 Å². The first-order valence-corrected chi connectivity index (χ1v) is 7.21. The molecule has 0 amide bonds. The van der Waals surface area contributed by atoms with Crippen LogP contribution in [0.4, 0.5) is 0 Å². The molecule has 0 unspecified atom stereocenters. The number of carbonyl (C=O) groups is 2. The largest absolute Gasteiger partial charge is 0.424 e. The molecule has 3 rings (SSSR count). The predicted molar refractivity (Wildman–Crippen MR) is 71.7 cm³/mol. The molecular formula is C16H18O4. The fourth-order valence-electron chi connectivity index (χ4n) is 3.00. The van der Waals surface area contributed by atoms with E-state index >= 15 is 0 Å². The van der Waals surface area contributed by atoms with Crippen LogP contribution in [-0.2, 0) is 19.1 Å². The van der Waals surface area contributed by atoms with E-state index in [0.29, 0.717) is 5.56 Å². The molecule has 0 radical (unpaired) electrons. The third kappa shape index (κ3) is 2.55. The van der Waals surface area contributed by atoms with Gasteiger partial charge in [-0.2, -0.15) is 0 Å². The van der Waals surface area contributed by atoms with E-state index in [-0.39, 0.29) is 5.92 Å². The zero-order valence-corrected chi connectivity index (χ0v) is 11.3. The van der Waals surface area contributed by atoms with Gasteiger partial charge in [-0.05, 0) is 18.4 Å². The Hall–Kier alpha value is -1.84. The molecule has 1 saturated heterocycles. The number of hydrogen-bond donors (Lipinski definition) is 0. The van der Waals surface area contributed by atoms with Crippen molar-refractivity contribution >= 4 is 11.9 Å². The van der Waals surface area contributed by atoms with E-state index in [1.165, 1.54) is 6.42 Å². The number of hydrogen-bond acceptors (Lipinski definition) is 4. The highest BCUT2D eigenvalue weighted by Gasteiger charge is 2.42. The molecule has 0 aromatic heterocycles. The number of cyclic esters (lactones) is 2. The molecule has 4 heteroatoms. The van der Waals surface area contributed by atoms with Crippen molar-refractivity contribution in [3.63, 3.8) is 0 Å². The minimum absolute atomic E-state index is 0.161. The van der Waals surface area contributed by atoms with Crippen LogP contribution in [0, 0.1) is 5.92 Å². The molecule has 1 aromatic carbocycles. The van der Waals surface area contributed by atoms with E-state index in [1.807, 2.05) is 6.07 Å². The van der Waals surface area contributed by atoms with Crippen LogP contribution in [-0.4, -0.2) is 18.2 Å². The molecular weight excluding hydrogens is 256 g/mol. The second-order valence-electron chi connectivity index (χ2n) is 5.48. The van der Waals surface area contributed by atoms with Crippen LogP contribution in [0.5, 0.6) is 0 Å². The van der Waals surface area contributed by atoms with Crippen molar-refractivity contribution in [2.45, 2.75) is 44.3 Å². The molecule has 0 bridgehead atoms. The molecule has 1 aliphatic heterocycles. The van der Waals surface area contributed by atoms with Gasteiger partial charge in [0.2, 0.25) is 6.29 Å². The van der Waals surface area contributed by atoms with E-state index in [0.717, 1.165) is 25.7 Å². The summed E-state index contributed by atoms with van der Waals surface area (Å²) < 4.78 is 10.8. The summed E-state index contributed by atoms with van der Waals surface area (Å²) in [6.07, 6.45) is 4.66. The lowest BCUT2D eigenvalue weighted by Crippen LogP contribution is -2.43. The average Bonchev–Trinajstić information content (AvgIpc) is 2.48. The zero-order chi connectivity index (χ0) is 13.9. The molecule has 106 valence electrons. The van der Waals surface area contributed by atoms with Gasteiger partial charge in [0.05, 0.1) is 0 Å². The first kappa shape index (κ1) is 13.2. The summed E-state index contributed by atoms with van der Waals surface area (Å²) in [4.78, 5) is 24.3. The van der Waals surface area contributed by atoms with Crippen molar-refractivity contribution in [3.8, 4) is 0 Å². The molecule has 2 aliphatic rings.